The van der Waals surface area contributed by atoms with Gasteiger partial charge in [-0.2, -0.15) is 0 Å². The molecule has 0 spiro atoms. The molecule has 1 saturated heterocycles. The molecule has 1 aliphatic heterocycles. The molecule has 0 aromatic carbocycles. The van der Waals surface area contributed by atoms with Crippen LogP contribution in [0, 0.1) is 22.7 Å². The fraction of sp³-hybridized carbons (Fsp3) is 0.692. The summed E-state index contributed by atoms with van der Waals surface area (Å²) < 4.78 is 10.2. The highest BCUT2D eigenvalue weighted by molar-refractivity contribution is 5.93. The SMILES string of the molecule is C=C1CC[C@@H]2C(C)(CO)[C@H](O)CC[C@@]2(C)[C@@H]1C/C=C1/C(=O)OCC1OC(=O)CC(O)(C(=O)O)C(O)C(=O)O. The molecule has 0 aromatic rings. The Morgan fingerprint density at radius 1 is 1.26 bits per heavy atom. The molecular formula is C26H36O12. The van der Waals surface area contributed by atoms with Crippen LogP contribution in [0.15, 0.2) is 23.8 Å². The van der Waals surface area contributed by atoms with Crippen LogP contribution in [0.2, 0.25) is 0 Å². The third-order valence-electron chi connectivity index (χ3n) is 8.96. The second-order valence-corrected chi connectivity index (χ2v) is 11.1. The Labute approximate surface area is 219 Å². The van der Waals surface area contributed by atoms with Gasteiger partial charge >= 0.3 is 23.9 Å². The van der Waals surface area contributed by atoms with E-state index in [0.29, 0.717) is 25.7 Å². The van der Waals surface area contributed by atoms with Gasteiger partial charge in [-0.05, 0) is 49.4 Å². The van der Waals surface area contributed by atoms with Crippen LogP contribution in [0.4, 0.5) is 0 Å². The van der Waals surface area contributed by atoms with E-state index >= 15 is 0 Å². The molecule has 0 bridgehead atoms. The van der Waals surface area contributed by atoms with Crippen LogP contribution < -0.4 is 0 Å². The van der Waals surface area contributed by atoms with Crippen molar-refractivity contribution in [3.05, 3.63) is 23.8 Å². The van der Waals surface area contributed by atoms with Crippen LogP contribution in [-0.2, 0) is 28.7 Å². The first-order valence-corrected chi connectivity index (χ1v) is 12.5. The van der Waals surface area contributed by atoms with Gasteiger partial charge in [0.25, 0.3) is 0 Å². The molecule has 4 unspecified atom stereocenters. The van der Waals surface area contributed by atoms with Crippen molar-refractivity contribution >= 4 is 23.9 Å². The molecule has 8 atom stereocenters. The van der Waals surface area contributed by atoms with Crippen molar-refractivity contribution in [1.29, 1.82) is 0 Å². The zero-order valence-electron chi connectivity index (χ0n) is 21.5. The lowest BCUT2D eigenvalue weighted by molar-refractivity contribution is -0.189. The van der Waals surface area contributed by atoms with Crippen molar-refractivity contribution in [2.24, 2.45) is 22.7 Å². The summed E-state index contributed by atoms with van der Waals surface area (Å²) in [6.45, 7) is 7.68. The Bertz CT molecular complexity index is 1040. The van der Waals surface area contributed by atoms with E-state index in [9.17, 15) is 44.7 Å². The Hall–Kier alpha value is -2.80. The van der Waals surface area contributed by atoms with Gasteiger partial charge in [0.2, 0.25) is 5.60 Å². The van der Waals surface area contributed by atoms with Crippen LogP contribution >= 0.6 is 0 Å². The summed E-state index contributed by atoms with van der Waals surface area (Å²) in [7, 11) is 0. The van der Waals surface area contributed by atoms with E-state index in [1.165, 1.54) is 0 Å². The van der Waals surface area contributed by atoms with E-state index in [1.54, 1.807) is 6.08 Å². The van der Waals surface area contributed by atoms with Gasteiger partial charge < -0.3 is 40.1 Å². The van der Waals surface area contributed by atoms with Gasteiger partial charge in [0.05, 0.1) is 24.7 Å². The zero-order chi connectivity index (χ0) is 28.6. The molecule has 3 fully saturated rings. The lowest BCUT2D eigenvalue weighted by Crippen LogP contribution is -2.57. The number of carbonyl (C=O) groups excluding carboxylic acids is 2. The number of hydrogen-bond donors (Lipinski definition) is 6. The Morgan fingerprint density at radius 3 is 2.50 bits per heavy atom. The number of aliphatic hydroxyl groups is 4. The maximum atomic E-state index is 12.4. The summed E-state index contributed by atoms with van der Waals surface area (Å²) in [5.74, 6) is -6.39. The van der Waals surface area contributed by atoms with Gasteiger partial charge in [0.15, 0.2) is 12.2 Å². The maximum absolute atomic E-state index is 12.4. The van der Waals surface area contributed by atoms with E-state index in [4.69, 9.17) is 14.6 Å². The molecule has 1 heterocycles. The number of esters is 2. The third kappa shape index (κ3) is 5.09. The summed E-state index contributed by atoms with van der Waals surface area (Å²) in [5, 5.41) is 58.6. The lowest BCUT2D eigenvalue weighted by atomic mass is 9.46. The van der Waals surface area contributed by atoms with Crippen molar-refractivity contribution in [1.82, 2.24) is 0 Å². The second-order valence-electron chi connectivity index (χ2n) is 11.1. The van der Waals surface area contributed by atoms with Gasteiger partial charge in [-0.3, -0.25) is 4.79 Å². The van der Waals surface area contributed by atoms with E-state index in [0.717, 1.165) is 12.0 Å². The standard InChI is InChI=1S/C26H36O12/c1-13-4-7-17-24(2,9-8-18(28)25(17,3)12-27)15(13)6-5-14-16(11-37-22(14)33)38-19(29)10-26(36,23(34)35)20(30)21(31)32/h5,15-18,20,27-28,30,36H,1,4,6-12H2,2-3H3,(H,31,32)(H,34,35)/b14-5+/t15-,16?,17+,18-,20?,24+,25?,26?/m1/s1. The molecular weight excluding hydrogens is 504 g/mol. The van der Waals surface area contributed by atoms with Crippen LogP contribution in [0.3, 0.4) is 0 Å². The number of hydrogen-bond acceptors (Lipinski definition) is 10. The van der Waals surface area contributed by atoms with Crippen molar-refractivity contribution in [2.45, 2.75) is 76.3 Å². The number of cyclic esters (lactones) is 1. The number of ether oxygens (including phenoxy) is 2. The summed E-state index contributed by atoms with van der Waals surface area (Å²) in [5.41, 5.74) is -3.39. The number of carboxylic acid groups (broad SMARTS) is 2. The number of aliphatic hydroxyl groups excluding tert-OH is 3. The highest BCUT2D eigenvalue weighted by atomic mass is 16.6. The van der Waals surface area contributed by atoms with Gasteiger partial charge in [0.1, 0.15) is 6.61 Å². The van der Waals surface area contributed by atoms with Gasteiger partial charge in [-0.15, -0.1) is 0 Å². The predicted octanol–water partition coefficient (Wildman–Crippen LogP) is 0.165. The lowest BCUT2D eigenvalue weighted by Gasteiger charge is -2.59. The number of rotatable bonds is 9. The number of carbonyl (C=O) groups is 4. The topological polar surface area (TPSA) is 208 Å². The van der Waals surface area contributed by atoms with Crippen molar-refractivity contribution in [3.63, 3.8) is 0 Å². The van der Waals surface area contributed by atoms with Gasteiger partial charge in [-0.1, -0.05) is 32.1 Å². The largest absolute Gasteiger partial charge is 0.479 e. The fourth-order valence-corrected chi connectivity index (χ4v) is 6.56. The third-order valence-corrected chi connectivity index (χ3v) is 8.96. The highest BCUT2D eigenvalue weighted by Crippen LogP contribution is 2.61. The van der Waals surface area contributed by atoms with Crippen molar-refractivity contribution in [2.75, 3.05) is 13.2 Å². The first kappa shape index (κ1) is 29.8. The van der Waals surface area contributed by atoms with Gasteiger partial charge in [0, 0.05) is 5.41 Å². The molecule has 38 heavy (non-hydrogen) atoms. The predicted molar refractivity (Wildman–Crippen MR) is 128 cm³/mol. The minimum atomic E-state index is -3.34. The monoisotopic (exact) mass is 540 g/mol. The summed E-state index contributed by atoms with van der Waals surface area (Å²) >= 11 is 0. The number of fused-ring (bicyclic) bond motifs is 1. The van der Waals surface area contributed by atoms with Crippen molar-refractivity contribution < 1.29 is 59.3 Å². The van der Waals surface area contributed by atoms with Crippen LogP contribution in [0.1, 0.15) is 52.4 Å². The Balaban J connectivity index is 1.79. The molecule has 0 aromatic heterocycles. The summed E-state index contributed by atoms with van der Waals surface area (Å²) in [6, 6.07) is 0. The molecule has 6 N–H and O–H groups in total. The highest BCUT2D eigenvalue weighted by Gasteiger charge is 2.57. The second kappa shape index (κ2) is 10.8. The zero-order valence-corrected chi connectivity index (χ0v) is 21.5. The molecule has 0 radical (unpaired) electrons. The molecule has 3 rings (SSSR count). The Kier molecular flexibility index (Phi) is 8.42. The van der Waals surface area contributed by atoms with E-state index < -0.39 is 59.6 Å². The number of allylic oxidation sites excluding steroid dienone is 2. The average molecular weight is 541 g/mol. The first-order valence-electron chi connectivity index (χ1n) is 12.5. The summed E-state index contributed by atoms with van der Waals surface area (Å²) in [4.78, 5) is 47.3. The van der Waals surface area contributed by atoms with Gasteiger partial charge in [-0.25, -0.2) is 14.4 Å². The number of carboxylic acids is 2. The van der Waals surface area contributed by atoms with E-state index in [-0.39, 0.29) is 36.0 Å². The van der Waals surface area contributed by atoms with Crippen LogP contribution in [-0.4, -0.2) is 91.6 Å². The molecule has 2 saturated carbocycles. The quantitative estimate of drug-likeness (QED) is 0.131. The molecule has 2 aliphatic carbocycles. The van der Waals surface area contributed by atoms with Crippen molar-refractivity contribution in [3.8, 4) is 0 Å². The smallest absolute Gasteiger partial charge is 0.339 e. The maximum Gasteiger partial charge on any atom is 0.339 e. The minimum absolute atomic E-state index is 0.00355. The molecule has 12 nitrogen and oxygen atoms in total. The average Bonchev–Trinajstić information content (AvgIpc) is 3.18. The van der Waals surface area contributed by atoms with E-state index in [1.807, 2.05) is 6.92 Å². The molecule has 0 amide bonds. The Morgan fingerprint density at radius 2 is 1.92 bits per heavy atom. The number of aliphatic carboxylic acids is 2. The molecule has 3 aliphatic rings. The normalized spacial score (nSPS) is 36.6. The van der Waals surface area contributed by atoms with Crippen LogP contribution in [0.5, 0.6) is 0 Å². The fourth-order valence-electron chi connectivity index (χ4n) is 6.56. The molecule has 212 valence electrons. The first-order chi connectivity index (χ1) is 17.6. The molecule has 12 heteroatoms. The van der Waals surface area contributed by atoms with Crippen LogP contribution in [0.25, 0.3) is 0 Å². The summed E-state index contributed by atoms with van der Waals surface area (Å²) in [6.07, 6.45) is -1.52. The minimum Gasteiger partial charge on any atom is -0.479 e. The van der Waals surface area contributed by atoms with E-state index in [2.05, 4.69) is 13.5 Å².